The predicted octanol–water partition coefficient (Wildman–Crippen LogP) is 3.04. The molecule has 2 atom stereocenters. The van der Waals surface area contributed by atoms with E-state index in [0.717, 1.165) is 42.1 Å². The first-order valence-electron chi connectivity index (χ1n) is 6.39. The maximum absolute atomic E-state index is 4.43. The maximum atomic E-state index is 4.43. The normalized spacial score (nSPS) is 24.3. The van der Waals surface area contributed by atoms with Crippen molar-refractivity contribution in [2.45, 2.75) is 39.2 Å². The van der Waals surface area contributed by atoms with Gasteiger partial charge in [-0.05, 0) is 18.8 Å². The van der Waals surface area contributed by atoms with E-state index in [2.05, 4.69) is 50.7 Å². The number of alkyl halides is 1. The molecule has 0 aromatic carbocycles. The lowest BCUT2D eigenvalue weighted by Crippen LogP contribution is -2.34. The van der Waals surface area contributed by atoms with Gasteiger partial charge in [-0.1, -0.05) is 36.2 Å². The van der Waals surface area contributed by atoms with Crippen molar-refractivity contribution in [1.29, 1.82) is 0 Å². The fourth-order valence-corrected chi connectivity index (χ4v) is 3.45. The molecule has 1 aliphatic heterocycles. The molecule has 94 valence electrons. The van der Waals surface area contributed by atoms with Crippen LogP contribution in [-0.4, -0.2) is 27.9 Å². The molecular weight excluding hydrogens is 278 g/mol. The van der Waals surface area contributed by atoms with Crippen molar-refractivity contribution < 1.29 is 0 Å². The van der Waals surface area contributed by atoms with Crippen LogP contribution in [0.2, 0.25) is 0 Å². The Morgan fingerprint density at radius 2 is 2.29 bits per heavy atom. The molecule has 0 bridgehead atoms. The molecule has 1 aliphatic rings. The number of anilines is 1. The molecular formula is C13H20BrN3. The average molecular weight is 298 g/mol. The van der Waals surface area contributed by atoms with Crippen molar-refractivity contribution in [2.24, 2.45) is 5.92 Å². The number of nitrogens with zero attached hydrogens (tertiary/aromatic N) is 3. The molecule has 0 radical (unpaired) electrons. The largest absolute Gasteiger partial charge is 0.352 e. The Morgan fingerprint density at radius 3 is 3.00 bits per heavy atom. The zero-order valence-corrected chi connectivity index (χ0v) is 12.2. The number of hydrogen-bond donors (Lipinski definition) is 0. The highest BCUT2D eigenvalue weighted by Gasteiger charge is 2.31. The predicted molar refractivity (Wildman–Crippen MR) is 74.7 cm³/mol. The van der Waals surface area contributed by atoms with Crippen LogP contribution in [0.15, 0.2) is 12.4 Å². The highest BCUT2D eigenvalue weighted by atomic mass is 79.9. The molecule has 1 fully saturated rings. The Bertz CT molecular complexity index is 369. The van der Waals surface area contributed by atoms with Crippen LogP contribution in [0, 0.1) is 5.92 Å². The minimum atomic E-state index is 0.569. The molecule has 0 spiro atoms. The summed E-state index contributed by atoms with van der Waals surface area (Å²) in [5, 5.41) is 1.02. The summed E-state index contributed by atoms with van der Waals surface area (Å²) >= 11 is 3.62. The Kier molecular flexibility index (Phi) is 4.37. The molecule has 0 aliphatic carbocycles. The first kappa shape index (κ1) is 12.8. The van der Waals surface area contributed by atoms with E-state index in [4.69, 9.17) is 0 Å². The maximum Gasteiger partial charge on any atom is 0.132 e. The van der Waals surface area contributed by atoms with E-state index in [1.165, 1.54) is 6.42 Å². The van der Waals surface area contributed by atoms with Crippen molar-refractivity contribution in [3.63, 3.8) is 0 Å². The summed E-state index contributed by atoms with van der Waals surface area (Å²) in [5.41, 5.74) is 1.16. The lowest BCUT2D eigenvalue weighted by molar-refractivity contribution is 0.552. The highest BCUT2D eigenvalue weighted by molar-refractivity contribution is 9.09. The van der Waals surface area contributed by atoms with Crippen LogP contribution < -0.4 is 4.90 Å². The van der Waals surface area contributed by atoms with E-state index in [9.17, 15) is 0 Å². The molecule has 1 aromatic heterocycles. The topological polar surface area (TPSA) is 29.0 Å². The van der Waals surface area contributed by atoms with Gasteiger partial charge < -0.3 is 4.90 Å². The third-order valence-electron chi connectivity index (χ3n) is 3.55. The van der Waals surface area contributed by atoms with E-state index < -0.39 is 0 Å². The monoisotopic (exact) mass is 297 g/mol. The Hall–Kier alpha value is -0.640. The van der Waals surface area contributed by atoms with E-state index in [1.54, 1.807) is 6.33 Å². The molecule has 4 heteroatoms. The van der Waals surface area contributed by atoms with Crippen molar-refractivity contribution in [1.82, 2.24) is 9.97 Å². The standard InChI is InChI=1S/C13H20BrN3/c1-3-4-11-7-13(16-9-15-11)17-6-5-10(2)12(17)8-14/h7,9-10,12H,3-6,8H2,1-2H3. The lowest BCUT2D eigenvalue weighted by atomic mass is 10.1. The Labute approximate surface area is 112 Å². The minimum Gasteiger partial charge on any atom is -0.352 e. The molecule has 17 heavy (non-hydrogen) atoms. The van der Waals surface area contributed by atoms with Gasteiger partial charge in [0.2, 0.25) is 0 Å². The number of hydrogen-bond acceptors (Lipinski definition) is 3. The van der Waals surface area contributed by atoms with Gasteiger partial charge in [-0.2, -0.15) is 0 Å². The van der Waals surface area contributed by atoms with E-state index in [1.807, 2.05) is 0 Å². The van der Waals surface area contributed by atoms with E-state index in [0.29, 0.717) is 6.04 Å². The second kappa shape index (κ2) is 5.80. The molecule has 3 nitrogen and oxygen atoms in total. The fourth-order valence-electron chi connectivity index (χ4n) is 2.46. The summed E-state index contributed by atoms with van der Waals surface area (Å²) in [6.45, 7) is 5.61. The number of halogens is 1. The van der Waals surface area contributed by atoms with Crippen molar-refractivity contribution in [3.05, 3.63) is 18.1 Å². The molecule has 2 rings (SSSR count). The third kappa shape index (κ3) is 2.79. The van der Waals surface area contributed by atoms with E-state index >= 15 is 0 Å². The molecule has 1 aromatic rings. The van der Waals surface area contributed by atoms with Gasteiger partial charge >= 0.3 is 0 Å². The van der Waals surface area contributed by atoms with Gasteiger partial charge in [-0.3, -0.25) is 0 Å². The molecule has 0 amide bonds. The van der Waals surface area contributed by atoms with Crippen LogP contribution in [0.3, 0.4) is 0 Å². The van der Waals surface area contributed by atoms with Crippen LogP contribution >= 0.6 is 15.9 Å². The minimum absolute atomic E-state index is 0.569. The van der Waals surface area contributed by atoms with Gasteiger partial charge in [0, 0.05) is 29.7 Å². The van der Waals surface area contributed by atoms with Crippen LogP contribution in [0.1, 0.15) is 32.4 Å². The summed E-state index contributed by atoms with van der Waals surface area (Å²) < 4.78 is 0. The smallest absolute Gasteiger partial charge is 0.132 e. The van der Waals surface area contributed by atoms with Gasteiger partial charge in [0.15, 0.2) is 0 Å². The second-order valence-electron chi connectivity index (χ2n) is 4.80. The zero-order valence-electron chi connectivity index (χ0n) is 10.6. The van der Waals surface area contributed by atoms with Crippen molar-refractivity contribution in [2.75, 3.05) is 16.8 Å². The van der Waals surface area contributed by atoms with E-state index in [-0.39, 0.29) is 0 Å². The van der Waals surface area contributed by atoms with Gasteiger partial charge in [-0.15, -0.1) is 0 Å². The van der Waals surface area contributed by atoms with Crippen LogP contribution in [0.25, 0.3) is 0 Å². The Balaban J connectivity index is 2.18. The van der Waals surface area contributed by atoms with Crippen LogP contribution in [0.4, 0.5) is 5.82 Å². The van der Waals surface area contributed by atoms with Crippen molar-refractivity contribution in [3.8, 4) is 0 Å². The van der Waals surface area contributed by atoms with Gasteiger partial charge in [-0.25, -0.2) is 9.97 Å². The number of rotatable bonds is 4. The summed E-state index contributed by atoms with van der Waals surface area (Å²) in [7, 11) is 0. The summed E-state index contributed by atoms with van der Waals surface area (Å²) in [6.07, 6.45) is 5.13. The van der Waals surface area contributed by atoms with Gasteiger partial charge in [0.1, 0.15) is 12.1 Å². The van der Waals surface area contributed by atoms with Gasteiger partial charge in [0.05, 0.1) is 0 Å². The average Bonchev–Trinajstić information content (AvgIpc) is 2.71. The molecule has 2 heterocycles. The van der Waals surface area contributed by atoms with Crippen LogP contribution in [-0.2, 0) is 6.42 Å². The zero-order chi connectivity index (χ0) is 12.3. The van der Waals surface area contributed by atoms with Crippen molar-refractivity contribution >= 4 is 21.7 Å². The molecule has 0 saturated carbocycles. The summed E-state index contributed by atoms with van der Waals surface area (Å²) in [6, 6.07) is 2.72. The summed E-state index contributed by atoms with van der Waals surface area (Å²) in [5.74, 6) is 1.83. The Morgan fingerprint density at radius 1 is 1.47 bits per heavy atom. The van der Waals surface area contributed by atoms with Crippen LogP contribution in [0.5, 0.6) is 0 Å². The SMILES string of the molecule is CCCc1cc(N2CCC(C)C2CBr)ncn1. The summed E-state index contributed by atoms with van der Waals surface area (Å²) in [4.78, 5) is 11.2. The molecule has 0 N–H and O–H groups in total. The quantitative estimate of drug-likeness (QED) is 0.800. The fraction of sp³-hybridized carbons (Fsp3) is 0.692. The highest BCUT2D eigenvalue weighted by Crippen LogP contribution is 2.29. The number of aryl methyl sites for hydroxylation is 1. The molecule has 2 unspecified atom stereocenters. The first-order valence-corrected chi connectivity index (χ1v) is 7.52. The molecule has 1 saturated heterocycles. The van der Waals surface area contributed by atoms with Gasteiger partial charge in [0.25, 0.3) is 0 Å². The second-order valence-corrected chi connectivity index (χ2v) is 5.45. The first-order chi connectivity index (χ1) is 8.26. The lowest BCUT2D eigenvalue weighted by Gasteiger charge is -2.26. The third-order valence-corrected chi connectivity index (χ3v) is 4.21. The number of aromatic nitrogens is 2.